The summed E-state index contributed by atoms with van der Waals surface area (Å²) in [5.74, 6) is 2.91. The second-order valence-electron chi connectivity index (χ2n) is 6.56. The number of alkyl halides is 1. The first-order chi connectivity index (χ1) is 8.30. The van der Waals surface area contributed by atoms with Crippen molar-refractivity contribution in [1.82, 2.24) is 0 Å². The van der Waals surface area contributed by atoms with Crippen LogP contribution in [0.15, 0.2) is 0 Å². The van der Waals surface area contributed by atoms with E-state index < -0.39 is 0 Å². The summed E-state index contributed by atoms with van der Waals surface area (Å²) in [6.07, 6.45) is 15.9. The van der Waals surface area contributed by atoms with Crippen LogP contribution in [0.3, 0.4) is 0 Å². The second-order valence-corrected chi connectivity index (χ2v) is 6.83. The van der Waals surface area contributed by atoms with Crippen molar-refractivity contribution in [3.8, 4) is 0 Å². The van der Waals surface area contributed by atoms with Crippen LogP contribution < -0.4 is 0 Å². The van der Waals surface area contributed by atoms with Crippen molar-refractivity contribution in [3.05, 3.63) is 0 Å². The van der Waals surface area contributed by atoms with Gasteiger partial charge in [0.25, 0.3) is 0 Å². The summed E-state index contributed by atoms with van der Waals surface area (Å²) in [4.78, 5) is 0. The molecule has 1 heteroatoms. The molecule has 0 radical (unpaired) electrons. The molecule has 0 unspecified atom stereocenters. The summed E-state index contributed by atoms with van der Waals surface area (Å²) in [5, 5.41) is 0. The van der Waals surface area contributed by atoms with Crippen molar-refractivity contribution in [2.45, 2.75) is 77.6 Å². The van der Waals surface area contributed by atoms with Crippen LogP contribution in [-0.4, -0.2) is 5.88 Å². The number of halogens is 1. The summed E-state index contributed by atoms with van der Waals surface area (Å²) in [6.45, 7) is 2.33. The third-order valence-corrected chi connectivity index (χ3v) is 6.06. The summed E-state index contributed by atoms with van der Waals surface area (Å²) in [6, 6.07) is 0. The minimum absolute atomic E-state index is 0.539. The maximum Gasteiger partial charge on any atom is 0.0282 e. The highest BCUT2D eigenvalue weighted by atomic mass is 35.5. The van der Waals surface area contributed by atoms with Crippen molar-refractivity contribution in [1.29, 1.82) is 0 Å². The zero-order valence-corrected chi connectivity index (χ0v) is 12.3. The van der Waals surface area contributed by atoms with E-state index in [1.165, 1.54) is 70.6 Å². The Morgan fingerprint density at radius 1 is 1.00 bits per heavy atom. The molecule has 0 heterocycles. The van der Waals surface area contributed by atoms with Crippen LogP contribution in [0.4, 0.5) is 0 Å². The number of rotatable bonds is 4. The van der Waals surface area contributed by atoms with Gasteiger partial charge in [0.2, 0.25) is 0 Å². The molecule has 0 bridgehead atoms. The van der Waals surface area contributed by atoms with Gasteiger partial charge < -0.3 is 0 Å². The van der Waals surface area contributed by atoms with E-state index in [-0.39, 0.29) is 0 Å². The van der Waals surface area contributed by atoms with Crippen LogP contribution in [0.1, 0.15) is 77.6 Å². The minimum Gasteiger partial charge on any atom is -0.126 e. The van der Waals surface area contributed by atoms with Gasteiger partial charge in [-0.1, -0.05) is 51.9 Å². The van der Waals surface area contributed by atoms with Crippen molar-refractivity contribution >= 4 is 11.6 Å². The third-order valence-electron chi connectivity index (χ3n) is 5.53. The maximum atomic E-state index is 6.37. The van der Waals surface area contributed by atoms with Gasteiger partial charge in [0.05, 0.1) is 0 Å². The molecule has 2 aliphatic carbocycles. The minimum atomic E-state index is 0.539. The first kappa shape index (κ1) is 13.7. The van der Waals surface area contributed by atoms with Gasteiger partial charge in [0, 0.05) is 5.88 Å². The number of hydrogen-bond acceptors (Lipinski definition) is 0. The van der Waals surface area contributed by atoms with E-state index in [1.54, 1.807) is 0 Å². The lowest BCUT2D eigenvalue weighted by molar-refractivity contribution is 0.0752. The quantitative estimate of drug-likeness (QED) is 0.559. The zero-order chi connectivity index (χ0) is 12.1. The molecule has 0 nitrogen and oxygen atoms in total. The molecule has 0 aromatic heterocycles. The van der Waals surface area contributed by atoms with Gasteiger partial charge in [-0.2, -0.15) is 0 Å². The van der Waals surface area contributed by atoms with E-state index in [2.05, 4.69) is 6.92 Å². The molecule has 100 valence electrons. The molecule has 0 aromatic carbocycles. The smallest absolute Gasteiger partial charge is 0.0282 e. The van der Waals surface area contributed by atoms with Gasteiger partial charge in [-0.15, -0.1) is 11.6 Å². The molecule has 0 amide bonds. The normalized spacial score (nSPS) is 33.5. The molecule has 2 rings (SSSR count). The van der Waals surface area contributed by atoms with E-state index in [4.69, 9.17) is 11.6 Å². The highest BCUT2D eigenvalue weighted by molar-refractivity contribution is 6.18. The van der Waals surface area contributed by atoms with E-state index in [9.17, 15) is 0 Å². The Morgan fingerprint density at radius 3 is 2.18 bits per heavy atom. The van der Waals surface area contributed by atoms with Crippen molar-refractivity contribution in [2.75, 3.05) is 5.88 Å². The molecule has 0 spiro atoms. The van der Waals surface area contributed by atoms with Crippen molar-refractivity contribution in [2.24, 2.45) is 17.3 Å². The molecule has 2 fully saturated rings. The first-order valence-electron chi connectivity index (χ1n) is 7.86. The van der Waals surface area contributed by atoms with Crippen LogP contribution in [0.2, 0.25) is 0 Å². The van der Waals surface area contributed by atoms with Crippen LogP contribution in [0, 0.1) is 17.3 Å². The predicted octanol–water partition coefficient (Wildman–Crippen LogP) is 5.78. The Bertz CT molecular complexity index is 210. The Morgan fingerprint density at radius 2 is 1.65 bits per heavy atom. The molecule has 0 aliphatic heterocycles. The SMILES string of the molecule is CCCC1CCC(C2(CCl)CCCCC2)CC1. The molecule has 2 aliphatic rings. The summed E-state index contributed by atoms with van der Waals surface area (Å²) in [5.41, 5.74) is 0.539. The monoisotopic (exact) mass is 256 g/mol. The Hall–Kier alpha value is 0.290. The standard InChI is InChI=1S/C16H29Cl/c1-2-6-14-7-9-15(10-8-14)16(13-17)11-4-3-5-12-16/h14-15H,2-13H2,1H3. The topological polar surface area (TPSA) is 0 Å². The van der Waals surface area contributed by atoms with Gasteiger partial charge in [-0.05, 0) is 42.9 Å². The van der Waals surface area contributed by atoms with Crippen molar-refractivity contribution < 1.29 is 0 Å². The van der Waals surface area contributed by atoms with Crippen molar-refractivity contribution in [3.63, 3.8) is 0 Å². The van der Waals surface area contributed by atoms with Crippen LogP contribution in [0.5, 0.6) is 0 Å². The molecule has 0 atom stereocenters. The molecule has 0 N–H and O–H groups in total. The van der Waals surface area contributed by atoms with E-state index in [0.717, 1.165) is 17.7 Å². The summed E-state index contributed by atoms with van der Waals surface area (Å²) < 4.78 is 0. The predicted molar refractivity (Wildman–Crippen MR) is 76.6 cm³/mol. The zero-order valence-electron chi connectivity index (χ0n) is 11.5. The highest BCUT2D eigenvalue weighted by Gasteiger charge is 2.40. The molecule has 0 saturated heterocycles. The summed E-state index contributed by atoms with van der Waals surface area (Å²) >= 11 is 6.37. The Balaban J connectivity index is 1.89. The van der Waals surface area contributed by atoms with Crippen LogP contribution in [0.25, 0.3) is 0 Å². The van der Waals surface area contributed by atoms with Crippen LogP contribution in [-0.2, 0) is 0 Å². The fourth-order valence-electron chi connectivity index (χ4n) is 4.38. The molecular weight excluding hydrogens is 228 g/mol. The fourth-order valence-corrected chi connectivity index (χ4v) is 4.86. The fraction of sp³-hybridized carbons (Fsp3) is 1.00. The largest absolute Gasteiger partial charge is 0.126 e. The first-order valence-corrected chi connectivity index (χ1v) is 8.40. The van der Waals surface area contributed by atoms with Gasteiger partial charge in [-0.3, -0.25) is 0 Å². The molecular formula is C16H29Cl. The maximum absolute atomic E-state index is 6.37. The van der Waals surface area contributed by atoms with E-state index in [0.29, 0.717) is 5.41 Å². The lowest BCUT2D eigenvalue weighted by Gasteiger charge is -2.45. The summed E-state index contributed by atoms with van der Waals surface area (Å²) in [7, 11) is 0. The molecule has 17 heavy (non-hydrogen) atoms. The van der Waals surface area contributed by atoms with Gasteiger partial charge in [0.15, 0.2) is 0 Å². The third kappa shape index (κ3) is 3.19. The average Bonchev–Trinajstić information content (AvgIpc) is 2.41. The Kier molecular flexibility index (Phi) is 5.21. The average molecular weight is 257 g/mol. The highest BCUT2D eigenvalue weighted by Crippen LogP contribution is 2.50. The van der Waals surface area contributed by atoms with Gasteiger partial charge >= 0.3 is 0 Å². The Labute approximate surface area is 113 Å². The van der Waals surface area contributed by atoms with E-state index in [1.807, 2.05) is 0 Å². The lowest BCUT2D eigenvalue weighted by Crippen LogP contribution is -2.37. The number of hydrogen-bond donors (Lipinski definition) is 0. The lowest BCUT2D eigenvalue weighted by atomic mass is 9.61. The molecule has 2 saturated carbocycles. The second kappa shape index (κ2) is 6.45. The van der Waals surface area contributed by atoms with Gasteiger partial charge in [-0.25, -0.2) is 0 Å². The van der Waals surface area contributed by atoms with Crippen LogP contribution >= 0.6 is 11.6 Å². The van der Waals surface area contributed by atoms with Gasteiger partial charge in [0.1, 0.15) is 0 Å². The molecule has 0 aromatic rings. The van der Waals surface area contributed by atoms with E-state index >= 15 is 0 Å².